The van der Waals surface area contributed by atoms with Gasteiger partial charge in [-0.05, 0) is 52.4 Å². The number of ether oxygens (including phenoxy) is 2. The van der Waals surface area contributed by atoms with Crippen molar-refractivity contribution in [2.45, 2.75) is 64.5 Å². The Morgan fingerprint density at radius 2 is 1.94 bits per heavy atom. The van der Waals surface area contributed by atoms with Gasteiger partial charge in [0.05, 0.1) is 42.6 Å². The predicted molar refractivity (Wildman–Crippen MR) is 106 cm³/mol. The lowest BCUT2D eigenvalue weighted by Crippen LogP contribution is -2.29. The number of aromatic nitrogens is 4. The van der Waals surface area contributed by atoms with Crippen molar-refractivity contribution in [3.63, 3.8) is 0 Å². The Morgan fingerprint density at radius 1 is 1.25 bits per heavy atom. The zero-order valence-electron chi connectivity index (χ0n) is 17.9. The molecule has 0 aliphatic heterocycles. The molecule has 0 spiro atoms. The van der Waals surface area contributed by atoms with E-state index in [9.17, 15) is 22.8 Å². The molecule has 3 rings (SSSR count). The Morgan fingerprint density at radius 3 is 2.56 bits per heavy atom. The first-order valence-electron chi connectivity index (χ1n) is 10.1. The van der Waals surface area contributed by atoms with Gasteiger partial charge in [0, 0.05) is 0 Å². The molecule has 1 fully saturated rings. The van der Waals surface area contributed by atoms with Gasteiger partial charge in [0.2, 0.25) is 11.8 Å². The summed E-state index contributed by atoms with van der Waals surface area (Å²) in [6.07, 6.45) is -1.42. The summed E-state index contributed by atoms with van der Waals surface area (Å²) in [5.41, 5.74) is 0.294. The lowest BCUT2D eigenvalue weighted by atomic mass is 9.88. The average molecular weight is 456 g/mol. The molecule has 1 aliphatic rings. The number of nitriles is 1. The number of alkyl halides is 3. The largest absolute Gasteiger partial charge is 0.522 e. The molecule has 2 aromatic heterocycles. The van der Waals surface area contributed by atoms with Crippen LogP contribution in [0, 0.1) is 30.0 Å². The van der Waals surface area contributed by atoms with Crippen LogP contribution in [0.3, 0.4) is 0 Å². The van der Waals surface area contributed by atoms with Gasteiger partial charge < -0.3 is 10.1 Å². The van der Waals surface area contributed by atoms with Crippen LogP contribution < -0.4 is 10.1 Å². The van der Waals surface area contributed by atoms with Crippen molar-refractivity contribution in [2.75, 3.05) is 11.9 Å². The second kappa shape index (κ2) is 9.28. The van der Waals surface area contributed by atoms with Crippen molar-refractivity contribution in [1.29, 1.82) is 5.26 Å². The number of hydrogen-bond acceptors (Lipinski definition) is 7. The Balaban J connectivity index is 1.60. The van der Waals surface area contributed by atoms with Gasteiger partial charge in [-0.1, -0.05) is 0 Å². The smallest absolute Gasteiger partial charge is 0.475 e. The van der Waals surface area contributed by atoms with E-state index in [0.29, 0.717) is 24.2 Å². The highest BCUT2D eigenvalue weighted by Gasteiger charge is 2.35. The second-order valence-electron chi connectivity index (χ2n) is 8.23. The van der Waals surface area contributed by atoms with Gasteiger partial charge in [-0.2, -0.15) is 19.7 Å². The summed E-state index contributed by atoms with van der Waals surface area (Å²) in [6, 6.07) is 2.15. The average Bonchev–Trinajstić information content (AvgIpc) is 3.09. The van der Waals surface area contributed by atoms with Crippen LogP contribution in [0.1, 0.15) is 45.2 Å². The van der Waals surface area contributed by atoms with Crippen LogP contribution in [0.25, 0.3) is 0 Å². The molecule has 8 nitrogen and oxygen atoms in total. The summed E-state index contributed by atoms with van der Waals surface area (Å²) < 4.78 is 62.2. The van der Waals surface area contributed by atoms with E-state index >= 15 is 0 Å². The Hall–Kier alpha value is -2.94. The third-order valence-corrected chi connectivity index (χ3v) is 5.25. The molecule has 0 unspecified atom stereocenters. The molecule has 1 N–H and O–H groups in total. The van der Waals surface area contributed by atoms with E-state index < -0.39 is 23.8 Å². The van der Waals surface area contributed by atoms with Gasteiger partial charge in [-0.3, -0.25) is 9.42 Å². The van der Waals surface area contributed by atoms with Gasteiger partial charge in [-0.25, -0.2) is 4.98 Å². The normalized spacial score (nSPS) is 19.4. The predicted octanol–water partition coefficient (Wildman–Crippen LogP) is 4.60. The molecule has 0 saturated heterocycles. The second-order valence-corrected chi connectivity index (χ2v) is 8.23. The number of hydrogen-bond donors (Lipinski definition) is 1. The number of nitrogens with one attached hydrogen (secondary N) is 1. The number of nitrogens with zero attached hydrogens (tertiary/aromatic N) is 5. The van der Waals surface area contributed by atoms with E-state index in [2.05, 4.69) is 31.2 Å². The lowest BCUT2D eigenvalue weighted by molar-refractivity contribution is -0.345. The Bertz CT molecular complexity index is 977. The van der Waals surface area contributed by atoms with E-state index in [4.69, 9.17) is 4.74 Å². The van der Waals surface area contributed by atoms with Crippen molar-refractivity contribution in [2.24, 2.45) is 5.92 Å². The summed E-state index contributed by atoms with van der Waals surface area (Å²) in [5, 5.41) is 16.5. The number of anilines is 2. The van der Waals surface area contributed by atoms with Gasteiger partial charge in [0.15, 0.2) is 0 Å². The van der Waals surface area contributed by atoms with Crippen LogP contribution >= 0.6 is 0 Å². The minimum absolute atomic E-state index is 0.0254. The van der Waals surface area contributed by atoms with E-state index in [1.54, 1.807) is 27.0 Å². The van der Waals surface area contributed by atoms with Gasteiger partial charge >= 0.3 is 6.36 Å². The first-order chi connectivity index (χ1) is 15.0. The molecule has 0 bridgehead atoms. The third-order valence-electron chi connectivity index (χ3n) is 5.25. The van der Waals surface area contributed by atoms with Crippen molar-refractivity contribution in [3.05, 3.63) is 23.9 Å². The van der Waals surface area contributed by atoms with Gasteiger partial charge in [0.1, 0.15) is 5.54 Å². The molecule has 0 amide bonds. The molecule has 0 aromatic carbocycles. The number of aryl methyl sites for hydroxylation is 1. The van der Waals surface area contributed by atoms with E-state index in [0.717, 1.165) is 6.20 Å². The maximum Gasteiger partial charge on any atom is 0.522 e. The topological polar surface area (TPSA) is 97.9 Å². The minimum atomic E-state index is -4.64. The quantitative estimate of drug-likeness (QED) is 0.608. The number of halogens is 4. The van der Waals surface area contributed by atoms with Crippen molar-refractivity contribution >= 4 is 11.6 Å². The van der Waals surface area contributed by atoms with Crippen LogP contribution in [-0.4, -0.2) is 38.8 Å². The summed E-state index contributed by atoms with van der Waals surface area (Å²) in [7, 11) is 0. The fourth-order valence-electron chi connectivity index (χ4n) is 3.36. The molecule has 1 saturated carbocycles. The SMILES string of the molecule is Cc1nn(C(C)(C)C#N)cc1Nc1ncc(F)c(OCC2CCC(OC(F)(F)F)CC2)n1. The standard InChI is InChI=1S/C20H24F4N6O2/c1-12-16(9-30(29-12)19(2,3)11-25)27-18-26-8-15(21)17(28-18)31-10-13-4-6-14(7-5-13)32-20(22,23)24/h8-9,13-14H,4-7,10H2,1-3H3,(H,26,27,28). The summed E-state index contributed by atoms with van der Waals surface area (Å²) in [5.74, 6) is -0.940. The highest BCUT2D eigenvalue weighted by molar-refractivity contribution is 5.55. The van der Waals surface area contributed by atoms with Crippen LogP contribution in [0.4, 0.5) is 29.2 Å². The Kier molecular flexibility index (Phi) is 6.88. The van der Waals surface area contributed by atoms with E-state index in [1.807, 2.05) is 0 Å². The van der Waals surface area contributed by atoms with Crippen molar-refractivity contribution < 1.29 is 27.0 Å². The molecule has 12 heteroatoms. The van der Waals surface area contributed by atoms with Crippen LogP contribution in [0.15, 0.2) is 12.4 Å². The van der Waals surface area contributed by atoms with Gasteiger partial charge in [-0.15, -0.1) is 13.2 Å². The highest BCUT2D eigenvalue weighted by Crippen LogP contribution is 2.31. The maximum atomic E-state index is 14.1. The maximum absolute atomic E-state index is 14.1. The molecule has 0 atom stereocenters. The number of rotatable bonds is 7. The van der Waals surface area contributed by atoms with Crippen molar-refractivity contribution in [3.8, 4) is 11.9 Å². The highest BCUT2D eigenvalue weighted by atomic mass is 19.4. The summed E-state index contributed by atoms with van der Waals surface area (Å²) in [4.78, 5) is 7.96. The molecular weight excluding hydrogens is 432 g/mol. The molecule has 174 valence electrons. The van der Waals surface area contributed by atoms with E-state index in [1.165, 1.54) is 4.68 Å². The molecular formula is C20H24F4N6O2. The van der Waals surface area contributed by atoms with Crippen LogP contribution in [0.2, 0.25) is 0 Å². The van der Waals surface area contributed by atoms with Crippen LogP contribution in [0.5, 0.6) is 5.88 Å². The summed E-state index contributed by atoms with van der Waals surface area (Å²) in [6.45, 7) is 5.30. The van der Waals surface area contributed by atoms with E-state index in [-0.39, 0.29) is 37.2 Å². The fraction of sp³-hybridized carbons (Fsp3) is 0.600. The third kappa shape index (κ3) is 6.06. The molecule has 0 radical (unpaired) electrons. The zero-order chi connectivity index (χ0) is 23.5. The van der Waals surface area contributed by atoms with Crippen LogP contribution in [-0.2, 0) is 10.3 Å². The summed E-state index contributed by atoms with van der Waals surface area (Å²) >= 11 is 0. The molecule has 1 aliphatic carbocycles. The van der Waals surface area contributed by atoms with Crippen molar-refractivity contribution in [1.82, 2.24) is 19.7 Å². The first kappa shape index (κ1) is 23.7. The Labute approximate surface area is 182 Å². The molecule has 2 aromatic rings. The lowest BCUT2D eigenvalue weighted by Gasteiger charge is -2.28. The zero-order valence-corrected chi connectivity index (χ0v) is 17.9. The van der Waals surface area contributed by atoms with Gasteiger partial charge in [0.25, 0.3) is 5.88 Å². The first-order valence-corrected chi connectivity index (χ1v) is 10.1. The fourth-order valence-corrected chi connectivity index (χ4v) is 3.36. The molecule has 2 heterocycles. The molecule has 32 heavy (non-hydrogen) atoms. The minimum Gasteiger partial charge on any atom is -0.475 e. The monoisotopic (exact) mass is 456 g/mol.